The Labute approximate surface area is 160 Å². The van der Waals surface area contributed by atoms with Crippen LogP contribution in [0.1, 0.15) is 0 Å². The lowest BCUT2D eigenvalue weighted by atomic mass is 10.1. The maximum Gasteiger partial charge on any atom is 0.123 e. The molecule has 0 aliphatic heterocycles. The molecule has 5 heteroatoms. The van der Waals surface area contributed by atoms with Crippen LogP contribution in [-0.2, 0) is 0 Å². The van der Waals surface area contributed by atoms with Gasteiger partial charge in [0.15, 0.2) is 0 Å². The monoisotopic (exact) mass is 382 g/mol. The summed E-state index contributed by atoms with van der Waals surface area (Å²) >= 11 is 12.0. The highest BCUT2D eigenvalue weighted by molar-refractivity contribution is 6.30. The molecule has 128 valence electrons. The fraction of sp³-hybridized carbons (Fsp3) is 0. The minimum Gasteiger partial charge on any atom is -0.232 e. The highest BCUT2D eigenvalue weighted by atomic mass is 35.5. The molecule has 0 saturated heterocycles. The summed E-state index contributed by atoms with van der Waals surface area (Å²) in [5.74, 6) is -0.285. The average molecular weight is 383 g/mol. The Hall–Kier alpha value is -2.62. The molecule has 0 atom stereocenters. The number of rotatable bonds is 3. The summed E-state index contributed by atoms with van der Waals surface area (Å²) in [5.41, 5.74) is 4.38. The van der Waals surface area contributed by atoms with Gasteiger partial charge in [-0.25, -0.2) is 9.07 Å². The van der Waals surface area contributed by atoms with Crippen molar-refractivity contribution in [2.75, 3.05) is 0 Å². The van der Waals surface area contributed by atoms with E-state index in [-0.39, 0.29) is 5.82 Å². The summed E-state index contributed by atoms with van der Waals surface area (Å²) in [6, 6.07) is 23.3. The molecule has 1 aromatic heterocycles. The molecular formula is C21H13Cl2FN2. The second-order valence-corrected chi connectivity index (χ2v) is 6.69. The summed E-state index contributed by atoms with van der Waals surface area (Å²) in [7, 11) is 0. The average Bonchev–Trinajstić information content (AvgIpc) is 3.09. The smallest absolute Gasteiger partial charge is 0.123 e. The quantitative estimate of drug-likeness (QED) is 0.387. The second-order valence-electron chi connectivity index (χ2n) is 5.82. The standard InChI is InChI=1S/C21H13Cl2FN2/c22-16-5-1-14(2-6-16)20-13-21(15-3-7-17(23)8-4-15)26(25-20)19-11-9-18(24)10-12-19/h1-13H. The molecule has 3 aromatic carbocycles. The summed E-state index contributed by atoms with van der Waals surface area (Å²) in [4.78, 5) is 0. The van der Waals surface area contributed by atoms with Gasteiger partial charge in [0.1, 0.15) is 5.82 Å². The number of hydrogen-bond donors (Lipinski definition) is 0. The lowest BCUT2D eigenvalue weighted by Gasteiger charge is -2.07. The van der Waals surface area contributed by atoms with E-state index in [0.29, 0.717) is 10.0 Å². The molecule has 0 spiro atoms. The van der Waals surface area contributed by atoms with Crippen molar-refractivity contribution in [2.45, 2.75) is 0 Å². The summed E-state index contributed by atoms with van der Waals surface area (Å²) in [6.45, 7) is 0. The summed E-state index contributed by atoms with van der Waals surface area (Å²) < 4.78 is 15.1. The van der Waals surface area contributed by atoms with E-state index in [1.54, 1.807) is 16.8 Å². The van der Waals surface area contributed by atoms with E-state index >= 15 is 0 Å². The molecule has 4 rings (SSSR count). The predicted octanol–water partition coefficient (Wildman–Crippen LogP) is 6.65. The highest BCUT2D eigenvalue weighted by Crippen LogP contribution is 2.30. The molecule has 0 amide bonds. The van der Waals surface area contributed by atoms with Crippen LogP contribution in [0.25, 0.3) is 28.2 Å². The lowest BCUT2D eigenvalue weighted by Crippen LogP contribution is -1.99. The Morgan fingerprint density at radius 2 is 1.23 bits per heavy atom. The minimum atomic E-state index is -0.285. The van der Waals surface area contributed by atoms with E-state index in [1.807, 2.05) is 54.6 Å². The van der Waals surface area contributed by atoms with Crippen LogP contribution < -0.4 is 0 Å². The van der Waals surface area contributed by atoms with Gasteiger partial charge in [0, 0.05) is 21.2 Å². The van der Waals surface area contributed by atoms with Crippen LogP contribution in [0.2, 0.25) is 10.0 Å². The van der Waals surface area contributed by atoms with Crippen LogP contribution in [0.4, 0.5) is 4.39 Å². The fourth-order valence-electron chi connectivity index (χ4n) is 2.75. The first-order valence-electron chi connectivity index (χ1n) is 7.98. The molecule has 0 unspecified atom stereocenters. The molecule has 0 aliphatic carbocycles. The predicted molar refractivity (Wildman–Crippen MR) is 104 cm³/mol. The van der Waals surface area contributed by atoms with E-state index < -0.39 is 0 Å². The molecule has 0 bridgehead atoms. The van der Waals surface area contributed by atoms with Crippen molar-refractivity contribution in [3.8, 4) is 28.2 Å². The minimum absolute atomic E-state index is 0.285. The third-order valence-corrected chi connectivity index (χ3v) is 4.56. The first-order chi connectivity index (χ1) is 12.6. The van der Waals surface area contributed by atoms with Crippen molar-refractivity contribution < 1.29 is 4.39 Å². The van der Waals surface area contributed by atoms with Crippen molar-refractivity contribution in [1.82, 2.24) is 9.78 Å². The van der Waals surface area contributed by atoms with Gasteiger partial charge in [-0.3, -0.25) is 0 Å². The molecule has 4 aromatic rings. The highest BCUT2D eigenvalue weighted by Gasteiger charge is 2.13. The van der Waals surface area contributed by atoms with Crippen molar-refractivity contribution in [3.63, 3.8) is 0 Å². The Morgan fingerprint density at radius 1 is 0.692 bits per heavy atom. The first kappa shape index (κ1) is 16.8. The molecule has 0 saturated carbocycles. The summed E-state index contributed by atoms with van der Waals surface area (Å²) in [6.07, 6.45) is 0. The van der Waals surface area contributed by atoms with Crippen LogP contribution in [0, 0.1) is 5.82 Å². The lowest BCUT2D eigenvalue weighted by molar-refractivity contribution is 0.627. The molecule has 26 heavy (non-hydrogen) atoms. The molecule has 0 N–H and O–H groups in total. The zero-order valence-corrected chi connectivity index (χ0v) is 15.0. The van der Waals surface area contributed by atoms with Gasteiger partial charge in [-0.1, -0.05) is 47.5 Å². The van der Waals surface area contributed by atoms with Gasteiger partial charge < -0.3 is 0 Å². The van der Waals surface area contributed by atoms with Crippen molar-refractivity contribution in [3.05, 3.63) is 94.7 Å². The number of aromatic nitrogens is 2. The number of halogens is 3. The number of benzene rings is 3. The normalized spacial score (nSPS) is 10.9. The molecule has 1 heterocycles. The van der Waals surface area contributed by atoms with E-state index in [4.69, 9.17) is 28.3 Å². The molecule has 2 nitrogen and oxygen atoms in total. The van der Waals surface area contributed by atoms with Gasteiger partial charge in [-0.2, -0.15) is 5.10 Å². The van der Waals surface area contributed by atoms with Crippen LogP contribution in [0.5, 0.6) is 0 Å². The Bertz CT molecular complexity index is 974. The van der Waals surface area contributed by atoms with E-state index in [1.165, 1.54) is 12.1 Å². The van der Waals surface area contributed by atoms with Crippen molar-refractivity contribution in [1.29, 1.82) is 0 Å². The van der Waals surface area contributed by atoms with Crippen molar-refractivity contribution >= 4 is 23.2 Å². The largest absolute Gasteiger partial charge is 0.232 e. The Kier molecular flexibility index (Phi) is 4.49. The van der Waals surface area contributed by atoms with Crippen LogP contribution in [-0.4, -0.2) is 9.78 Å². The Morgan fingerprint density at radius 3 is 1.81 bits per heavy atom. The van der Waals surface area contributed by atoms with Crippen LogP contribution >= 0.6 is 23.2 Å². The van der Waals surface area contributed by atoms with Crippen molar-refractivity contribution in [2.24, 2.45) is 0 Å². The SMILES string of the molecule is Fc1ccc(-n2nc(-c3ccc(Cl)cc3)cc2-c2ccc(Cl)cc2)cc1. The van der Waals surface area contributed by atoms with Gasteiger partial charge in [0.2, 0.25) is 0 Å². The number of hydrogen-bond acceptors (Lipinski definition) is 1. The van der Waals surface area contributed by atoms with Crippen LogP contribution in [0.3, 0.4) is 0 Å². The fourth-order valence-corrected chi connectivity index (χ4v) is 3.00. The molecule has 0 fully saturated rings. The first-order valence-corrected chi connectivity index (χ1v) is 8.74. The Balaban J connectivity index is 1.88. The summed E-state index contributed by atoms with van der Waals surface area (Å²) in [5, 5.41) is 6.06. The van der Waals surface area contributed by atoms with E-state index in [0.717, 1.165) is 28.2 Å². The van der Waals surface area contributed by atoms with Gasteiger partial charge in [0.25, 0.3) is 0 Å². The van der Waals surface area contributed by atoms with Crippen LogP contribution in [0.15, 0.2) is 78.9 Å². The van der Waals surface area contributed by atoms with Gasteiger partial charge >= 0.3 is 0 Å². The van der Waals surface area contributed by atoms with Gasteiger partial charge in [-0.15, -0.1) is 0 Å². The van der Waals surface area contributed by atoms with E-state index in [2.05, 4.69) is 0 Å². The molecule has 0 aliphatic rings. The zero-order valence-electron chi connectivity index (χ0n) is 13.5. The maximum atomic E-state index is 13.3. The topological polar surface area (TPSA) is 17.8 Å². The van der Waals surface area contributed by atoms with Gasteiger partial charge in [-0.05, 0) is 54.6 Å². The second kappa shape index (κ2) is 6.94. The third kappa shape index (κ3) is 3.36. The molecule has 0 radical (unpaired) electrons. The maximum absolute atomic E-state index is 13.3. The van der Waals surface area contributed by atoms with Gasteiger partial charge in [0.05, 0.1) is 17.1 Å². The zero-order chi connectivity index (χ0) is 18.1. The van der Waals surface area contributed by atoms with E-state index in [9.17, 15) is 4.39 Å². The third-order valence-electron chi connectivity index (χ3n) is 4.06. The molecular weight excluding hydrogens is 370 g/mol. The number of nitrogens with zero attached hydrogens (tertiary/aromatic N) is 2.